The molecule has 22 heavy (non-hydrogen) atoms. The van der Waals surface area contributed by atoms with Crippen LogP contribution in [0.25, 0.3) is 0 Å². The molecule has 3 rings (SSSR count). The number of aromatic nitrogens is 1. The van der Waals surface area contributed by atoms with Gasteiger partial charge >= 0.3 is 0 Å². The molecule has 1 aliphatic rings. The minimum absolute atomic E-state index is 0.00822. The van der Waals surface area contributed by atoms with Crippen LogP contribution in [0.3, 0.4) is 0 Å². The molecule has 0 spiro atoms. The molecule has 1 aliphatic heterocycles. The number of halogens is 1. The summed E-state index contributed by atoms with van der Waals surface area (Å²) in [6, 6.07) is 12.0. The fraction of sp³-hybridized carbons (Fsp3) is 0.353. The predicted molar refractivity (Wildman–Crippen MR) is 90.8 cm³/mol. The number of likely N-dealkylation sites (tertiary alicyclic amines) is 1. The van der Waals surface area contributed by atoms with E-state index in [0.29, 0.717) is 5.69 Å². The quantitative estimate of drug-likeness (QED) is 0.857. The van der Waals surface area contributed by atoms with E-state index < -0.39 is 0 Å². The number of H-pyrrole nitrogens is 1. The summed E-state index contributed by atoms with van der Waals surface area (Å²) < 4.78 is 0.883. The Morgan fingerprint density at radius 1 is 1.27 bits per heavy atom. The van der Waals surface area contributed by atoms with Crippen LogP contribution >= 0.6 is 15.9 Å². The van der Waals surface area contributed by atoms with Crippen molar-refractivity contribution in [3.05, 3.63) is 58.3 Å². The first-order valence-corrected chi connectivity index (χ1v) is 8.44. The van der Waals surface area contributed by atoms with Crippen molar-refractivity contribution in [1.82, 2.24) is 15.2 Å². The Labute approximate surface area is 139 Å². The van der Waals surface area contributed by atoms with Gasteiger partial charge in [0, 0.05) is 17.2 Å². The SMILES string of the molecule is O=C(NC(CN1CCCC1)c1ccccc1)c1cc(Br)c[nH]1. The number of nitrogens with one attached hydrogen (secondary N) is 2. The van der Waals surface area contributed by atoms with E-state index in [0.717, 1.165) is 29.7 Å². The number of benzene rings is 1. The maximum absolute atomic E-state index is 12.4. The zero-order valence-electron chi connectivity index (χ0n) is 12.4. The lowest BCUT2D eigenvalue weighted by atomic mass is 10.1. The van der Waals surface area contributed by atoms with E-state index in [-0.39, 0.29) is 11.9 Å². The topological polar surface area (TPSA) is 48.1 Å². The van der Waals surface area contributed by atoms with Crippen LogP contribution in [0.1, 0.15) is 34.9 Å². The molecule has 0 aliphatic carbocycles. The molecule has 4 nitrogen and oxygen atoms in total. The molecule has 2 aromatic rings. The van der Waals surface area contributed by atoms with Gasteiger partial charge in [0.15, 0.2) is 0 Å². The highest BCUT2D eigenvalue weighted by Gasteiger charge is 2.21. The lowest BCUT2D eigenvalue weighted by molar-refractivity contribution is 0.0922. The third-order valence-electron chi connectivity index (χ3n) is 4.04. The summed E-state index contributed by atoms with van der Waals surface area (Å²) in [6.45, 7) is 3.10. The van der Waals surface area contributed by atoms with Crippen LogP contribution in [-0.2, 0) is 0 Å². The zero-order chi connectivity index (χ0) is 15.4. The molecule has 0 radical (unpaired) electrons. The van der Waals surface area contributed by atoms with Gasteiger partial charge in [-0.25, -0.2) is 0 Å². The van der Waals surface area contributed by atoms with Crippen molar-refractivity contribution >= 4 is 21.8 Å². The number of carbonyl (C=O) groups is 1. The first-order chi connectivity index (χ1) is 10.7. The molecule has 1 aromatic heterocycles. The lowest BCUT2D eigenvalue weighted by Gasteiger charge is -2.24. The van der Waals surface area contributed by atoms with Gasteiger partial charge in [-0.1, -0.05) is 30.3 Å². The average molecular weight is 362 g/mol. The largest absolute Gasteiger partial charge is 0.356 e. The summed E-state index contributed by atoms with van der Waals surface area (Å²) in [5.74, 6) is -0.0706. The number of hydrogen-bond acceptors (Lipinski definition) is 2. The van der Waals surface area contributed by atoms with Crippen molar-refractivity contribution in [2.45, 2.75) is 18.9 Å². The number of nitrogens with zero attached hydrogens (tertiary/aromatic N) is 1. The summed E-state index contributed by atoms with van der Waals surface area (Å²) in [4.78, 5) is 17.8. The van der Waals surface area contributed by atoms with E-state index in [1.165, 1.54) is 12.8 Å². The first kappa shape index (κ1) is 15.3. The predicted octanol–water partition coefficient (Wildman–Crippen LogP) is 3.34. The normalized spacial score (nSPS) is 16.6. The second-order valence-corrected chi connectivity index (χ2v) is 6.59. The third kappa shape index (κ3) is 3.78. The second kappa shape index (κ2) is 7.11. The Morgan fingerprint density at radius 2 is 2.00 bits per heavy atom. The highest BCUT2D eigenvalue weighted by molar-refractivity contribution is 9.10. The fourth-order valence-electron chi connectivity index (χ4n) is 2.88. The summed E-state index contributed by atoms with van der Waals surface area (Å²) in [5.41, 5.74) is 1.72. The number of carbonyl (C=O) groups excluding carboxylic acids is 1. The van der Waals surface area contributed by atoms with Gasteiger partial charge in [-0.15, -0.1) is 0 Å². The van der Waals surface area contributed by atoms with Gasteiger partial charge in [0.05, 0.1) is 6.04 Å². The summed E-state index contributed by atoms with van der Waals surface area (Å²) in [5, 5.41) is 3.16. The van der Waals surface area contributed by atoms with Crippen LogP contribution in [0.4, 0.5) is 0 Å². The first-order valence-electron chi connectivity index (χ1n) is 7.64. The average Bonchev–Trinajstić information content (AvgIpc) is 3.19. The fourth-order valence-corrected chi connectivity index (χ4v) is 3.22. The Hall–Kier alpha value is -1.59. The maximum atomic E-state index is 12.4. The second-order valence-electron chi connectivity index (χ2n) is 5.68. The van der Waals surface area contributed by atoms with E-state index in [4.69, 9.17) is 0 Å². The van der Waals surface area contributed by atoms with Gasteiger partial charge in [0.25, 0.3) is 5.91 Å². The minimum atomic E-state index is -0.0706. The molecule has 1 saturated heterocycles. The van der Waals surface area contributed by atoms with Crippen molar-refractivity contribution < 1.29 is 4.79 Å². The van der Waals surface area contributed by atoms with Crippen molar-refractivity contribution in [3.8, 4) is 0 Å². The van der Waals surface area contributed by atoms with Crippen molar-refractivity contribution in [3.63, 3.8) is 0 Å². The molecule has 116 valence electrons. The van der Waals surface area contributed by atoms with Gasteiger partial charge in [0.2, 0.25) is 0 Å². The molecule has 1 fully saturated rings. The van der Waals surface area contributed by atoms with Crippen molar-refractivity contribution in [1.29, 1.82) is 0 Å². The Morgan fingerprint density at radius 3 is 2.64 bits per heavy atom. The van der Waals surface area contributed by atoms with Crippen LogP contribution in [0, 0.1) is 0 Å². The number of aromatic amines is 1. The zero-order valence-corrected chi connectivity index (χ0v) is 14.0. The molecule has 0 saturated carbocycles. The summed E-state index contributed by atoms with van der Waals surface area (Å²) in [7, 11) is 0. The summed E-state index contributed by atoms with van der Waals surface area (Å²) >= 11 is 3.36. The minimum Gasteiger partial charge on any atom is -0.356 e. The molecule has 1 atom stereocenters. The highest BCUT2D eigenvalue weighted by atomic mass is 79.9. The number of amides is 1. The van der Waals surface area contributed by atoms with Crippen LogP contribution < -0.4 is 5.32 Å². The van der Waals surface area contributed by atoms with Gasteiger partial charge in [-0.05, 0) is 53.5 Å². The van der Waals surface area contributed by atoms with Gasteiger partial charge in [0.1, 0.15) is 5.69 Å². The van der Waals surface area contributed by atoms with Gasteiger partial charge in [-0.2, -0.15) is 0 Å². The standard InChI is InChI=1S/C17H20BrN3O/c18-14-10-15(19-11-14)17(22)20-16(12-21-8-4-5-9-21)13-6-2-1-3-7-13/h1-3,6-7,10-11,16,19H,4-5,8-9,12H2,(H,20,22). The van der Waals surface area contributed by atoms with Crippen molar-refractivity contribution in [2.75, 3.05) is 19.6 Å². The summed E-state index contributed by atoms with van der Waals surface area (Å²) in [6.07, 6.45) is 4.27. The number of rotatable bonds is 5. The van der Waals surface area contributed by atoms with E-state index in [9.17, 15) is 4.79 Å². The molecule has 1 amide bonds. The van der Waals surface area contributed by atoms with Crippen molar-refractivity contribution in [2.24, 2.45) is 0 Å². The van der Waals surface area contributed by atoms with E-state index in [2.05, 4.69) is 43.3 Å². The van der Waals surface area contributed by atoms with Gasteiger partial charge in [-0.3, -0.25) is 4.79 Å². The monoisotopic (exact) mass is 361 g/mol. The van der Waals surface area contributed by atoms with Crippen LogP contribution in [-0.4, -0.2) is 35.4 Å². The molecule has 1 aromatic carbocycles. The lowest BCUT2D eigenvalue weighted by Crippen LogP contribution is -2.37. The maximum Gasteiger partial charge on any atom is 0.268 e. The van der Waals surface area contributed by atoms with E-state index >= 15 is 0 Å². The van der Waals surface area contributed by atoms with E-state index in [1.54, 1.807) is 12.3 Å². The molecular weight excluding hydrogens is 342 g/mol. The van der Waals surface area contributed by atoms with Crippen LogP contribution in [0.15, 0.2) is 47.1 Å². The van der Waals surface area contributed by atoms with E-state index in [1.807, 2.05) is 18.2 Å². The van der Waals surface area contributed by atoms with Gasteiger partial charge < -0.3 is 15.2 Å². The molecule has 2 heterocycles. The third-order valence-corrected chi connectivity index (χ3v) is 4.50. The smallest absolute Gasteiger partial charge is 0.268 e. The molecule has 1 unspecified atom stereocenters. The highest BCUT2D eigenvalue weighted by Crippen LogP contribution is 2.19. The van der Waals surface area contributed by atoms with Crippen LogP contribution in [0.5, 0.6) is 0 Å². The molecule has 0 bridgehead atoms. The molecular formula is C17H20BrN3O. The van der Waals surface area contributed by atoms with Crippen LogP contribution in [0.2, 0.25) is 0 Å². The Bertz CT molecular complexity index is 620. The Kier molecular flexibility index (Phi) is 4.95. The molecule has 2 N–H and O–H groups in total. The Balaban J connectivity index is 1.74. The molecule has 5 heteroatoms. The number of hydrogen-bond donors (Lipinski definition) is 2.